The SMILES string of the molecule is CN(CC(=O)N1CCc2sccc2C1)Cc1nc2ccccc2c(=O)[nH]1. The number of aromatic nitrogens is 2. The first-order chi connectivity index (χ1) is 12.6. The van der Waals surface area contributed by atoms with E-state index in [4.69, 9.17) is 0 Å². The molecule has 6 nitrogen and oxygen atoms in total. The summed E-state index contributed by atoms with van der Waals surface area (Å²) < 4.78 is 0. The van der Waals surface area contributed by atoms with Crippen molar-refractivity contribution in [2.75, 3.05) is 20.1 Å². The zero-order chi connectivity index (χ0) is 18.1. The lowest BCUT2D eigenvalue weighted by Gasteiger charge is -2.28. The van der Waals surface area contributed by atoms with Crippen LogP contribution >= 0.6 is 11.3 Å². The van der Waals surface area contributed by atoms with Crippen molar-refractivity contribution in [3.8, 4) is 0 Å². The number of carbonyl (C=O) groups is 1. The van der Waals surface area contributed by atoms with E-state index < -0.39 is 0 Å². The van der Waals surface area contributed by atoms with E-state index in [1.54, 1.807) is 17.4 Å². The summed E-state index contributed by atoms with van der Waals surface area (Å²) in [5.74, 6) is 0.676. The summed E-state index contributed by atoms with van der Waals surface area (Å²) in [6.45, 7) is 2.18. The predicted molar refractivity (Wildman–Crippen MR) is 102 cm³/mol. The molecule has 2 aromatic heterocycles. The number of nitrogens with zero attached hydrogens (tertiary/aromatic N) is 3. The highest BCUT2D eigenvalue weighted by Gasteiger charge is 2.22. The molecule has 3 heterocycles. The fourth-order valence-corrected chi connectivity index (χ4v) is 4.20. The van der Waals surface area contributed by atoms with Crippen LogP contribution < -0.4 is 5.56 Å². The van der Waals surface area contributed by atoms with Crippen LogP contribution in [0.4, 0.5) is 0 Å². The van der Waals surface area contributed by atoms with Crippen LogP contribution in [0.5, 0.6) is 0 Å². The van der Waals surface area contributed by atoms with Crippen molar-refractivity contribution >= 4 is 28.1 Å². The summed E-state index contributed by atoms with van der Waals surface area (Å²) in [6, 6.07) is 9.37. The number of rotatable bonds is 4. The normalized spacial score (nSPS) is 14.0. The number of H-pyrrole nitrogens is 1. The first kappa shape index (κ1) is 16.9. The van der Waals surface area contributed by atoms with Gasteiger partial charge in [0.15, 0.2) is 0 Å². The number of nitrogens with one attached hydrogen (secondary N) is 1. The standard InChI is InChI=1S/C19H20N4O2S/c1-22(11-17-20-15-5-3-2-4-14(15)19(25)21-17)12-18(24)23-8-6-16-13(10-23)7-9-26-16/h2-5,7,9H,6,8,10-12H2,1H3,(H,20,21,25). The van der Waals surface area contributed by atoms with Gasteiger partial charge in [-0.1, -0.05) is 12.1 Å². The third-order valence-electron chi connectivity index (χ3n) is 4.65. The van der Waals surface area contributed by atoms with Crippen molar-refractivity contribution in [2.24, 2.45) is 0 Å². The maximum absolute atomic E-state index is 12.6. The first-order valence-electron chi connectivity index (χ1n) is 8.59. The molecule has 1 aromatic carbocycles. The Balaban J connectivity index is 1.42. The second kappa shape index (κ2) is 7.01. The fraction of sp³-hybridized carbons (Fsp3) is 0.316. The quantitative estimate of drug-likeness (QED) is 0.765. The second-order valence-corrected chi connectivity index (χ2v) is 7.64. The van der Waals surface area contributed by atoms with Gasteiger partial charge in [0.1, 0.15) is 5.82 Å². The molecule has 0 bridgehead atoms. The molecule has 1 aliphatic heterocycles. The lowest BCUT2D eigenvalue weighted by Crippen LogP contribution is -2.41. The molecule has 0 radical (unpaired) electrons. The molecule has 1 aliphatic rings. The predicted octanol–water partition coefficient (Wildman–Crippen LogP) is 2.00. The number of benzene rings is 1. The average molecular weight is 368 g/mol. The zero-order valence-electron chi connectivity index (χ0n) is 14.6. The van der Waals surface area contributed by atoms with E-state index in [1.807, 2.05) is 35.0 Å². The molecule has 0 saturated carbocycles. The van der Waals surface area contributed by atoms with E-state index in [9.17, 15) is 9.59 Å². The minimum Gasteiger partial charge on any atom is -0.337 e. The second-order valence-electron chi connectivity index (χ2n) is 6.64. The van der Waals surface area contributed by atoms with Gasteiger partial charge >= 0.3 is 0 Å². The van der Waals surface area contributed by atoms with Gasteiger partial charge in [-0.3, -0.25) is 14.5 Å². The Kier molecular flexibility index (Phi) is 4.57. The molecule has 134 valence electrons. The van der Waals surface area contributed by atoms with Crippen molar-refractivity contribution < 1.29 is 4.79 Å². The number of fused-ring (bicyclic) bond motifs is 2. The van der Waals surface area contributed by atoms with Crippen LogP contribution in [0.2, 0.25) is 0 Å². The van der Waals surface area contributed by atoms with Crippen LogP contribution in [0.3, 0.4) is 0 Å². The van der Waals surface area contributed by atoms with Crippen LogP contribution in [-0.2, 0) is 24.3 Å². The average Bonchev–Trinajstić information content (AvgIpc) is 3.09. The number of carbonyl (C=O) groups excluding carboxylic acids is 1. The number of aromatic amines is 1. The van der Waals surface area contributed by atoms with Gasteiger partial charge in [0, 0.05) is 18.0 Å². The molecule has 1 N–H and O–H groups in total. The van der Waals surface area contributed by atoms with Crippen LogP contribution in [-0.4, -0.2) is 45.8 Å². The largest absolute Gasteiger partial charge is 0.337 e. The van der Waals surface area contributed by atoms with Crippen molar-refractivity contribution in [2.45, 2.75) is 19.5 Å². The highest BCUT2D eigenvalue weighted by molar-refractivity contribution is 7.10. The Bertz CT molecular complexity index is 1010. The molecular weight excluding hydrogens is 348 g/mol. The lowest BCUT2D eigenvalue weighted by molar-refractivity contribution is -0.133. The Labute approximate surface area is 155 Å². The van der Waals surface area contributed by atoms with Gasteiger partial charge in [0.25, 0.3) is 5.56 Å². The molecule has 0 fully saturated rings. The Morgan fingerprint density at radius 2 is 2.19 bits per heavy atom. The van der Waals surface area contributed by atoms with Crippen LogP contribution in [0, 0.1) is 0 Å². The summed E-state index contributed by atoms with van der Waals surface area (Å²) >= 11 is 1.77. The third kappa shape index (κ3) is 3.40. The smallest absolute Gasteiger partial charge is 0.258 e. The number of hydrogen-bond donors (Lipinski definition) is 1. The van der Waals surface area contributed by atoms with Gasteiger partial charge in [0.2, 0.25) is 5.91 Å². The van der Waals surface area contributed by atoms with Crippen molar-refractivity contribution in [3.05, 3.63) is 62.3 Å². The van der Waals surface area contributed by atoms with Gasteiger partial charge in [-0.25, -0.2) is 4.98 Å². The molecule has 26 heavy (non-hydrogen) atoms. The van der Waals surface area contributed by atoms with Gasteiger partial charge in [-0.2, -0.15) is 0 Å². The van der Waals surface area contributed by atoms with Crippen molar-refractivity contribution in [1.29, 1.82) is 0 Å². The summed E-state index contributed by atoms with van der Waals surface area (Å²) in [7, 11) is 1.87. The number of amides is 1. The summed E-state index contributed by atoms with van der Waals surface area (Å²) in [4.78, 5) is 37.2. The molecule has 0 saturated heterocycles. The highest BCUT2D eigenvalue weighted by Crippen LogP contribution is 2.24. The Hall–Kier alpha value is -2.51. The molecule has 7 heteroatoms. The lowest BCUT2D eigenvalue weighted by atomic mass is 10.1. The molecule has 1 amide bonds. The zero-order valence-corrected chi connectivity index (χ0v) is 15.4. The van der Waals surface area contributed by atoms with Crippen LogP contribution in [0.1, 0.15) is 16.3 Å². The maximum atomic E-state index is 12.6. The molecule has 0 atom stereocenters. The maximum Gasteiger partial charge on any atom is 0.258 e. The Morgan fingerprint density at radius 3 is 3.08 bits per heavy atom. The van der Waals surface area contributed by atoms with Crippen molar-refractivity contribution in [3.63, 3.8) is 0 Å². The molecule has 4 rings (SSSR count). The van der Waals surface area contributed by atoms with E-state index >= 15 is 0 Å². The summed E-state index contributed by atoms with van der Waals surface area (Å²) in [5.41, 5.74) is 1.79. The molecular formula is C19H20N4O2S. The fourth-order valence-electron chi connectivity index (χ4n) is 3.31. The minimum atomic E-state index is -0.147. The first-order valence-corrected chi connectivity index (χ1v) is 9.47. The number of thiophene rings is 1. The molecule has 0 unspecified atom stereocenters. The van der Waals surface area contributed by atoms with Gasteiger partial charge in [-0.15, -0.1) is 11.3 Å². The number of para-hydroxylation sites is 1. The highest BCUT2D eigenvalue weighted by atomic mass is 32.1. The topological polar surface area (TPSA) is 69.3 Å². The van der Waals surface area contributed by atoms with Gasteiger partial charge in [-0.05, 0) is 42.6 Å². The minimum absolute atomic E-state index is 0.104. The number of likely N-dealkylation sites (N-methyl/N-ethyl adjacent to an activating group) is 1. The molecule has 0 aliphatic carbocycles. The van der Waals surface area contributed by atoms with Crippen LogP contribution in [0.25, 0.3) is 10.9 Å². The van der Waals surface area contributed by atoms with E-state index in [0.717, 1.165) is 13.0 Å². The molecule has 3 aromatic rings. The summed E-state index contributed by atoms with van der Waals surface area (Å²) in [5, 5.41) is 2.67. The third-order valence-corrected chi connectivity index (χ3v) is 5.67. The van der Waals surface area contributed by atoms with E-state index in [1.165, 1.54) is 10.4 Å². The van der Waals surface area contributed by atoms with Crippen LogP contribution in [0.15, 0.2) is 40.5 Å². The van der Waals surface area contributed by atoms with E-state index in [-0.39, 0.29) is 11.5 Å². The Morgan fingerprint density at radius 1 is 1.35 bits per heavy atom. The molecule has 0 spiro atoms. The van der Waals surface area contributed by atoms with Gasteiger partial charge in [0.05, 0.1) is 24.0 Å². The monoisotopic (exact) mass is 368 g/mol. The number of hydrogen-bond acceptors (Lipinski definition) is 5. The van der Waals surface area contributed by atoms with Crippen molar-refractivity contribution in [1.82, 2.24) is 19.8 Å². The van der Waals surface area contributed by atoms with Gasteiger partial charge < -0.3 is 9.88 Å². The van der Waals surface area contributed by atoms with E-state index in [2.05, 4.69) is 21.4 Å². The summed E-state index contributed by atoms with van der Waals surface area (Å²) in [6.07, 6.45) is 0.933. The van der Waals surface area contributed by atoms with E-state index in [0.29, 0.717) is 36.4 Å².